The number of hydrogen-bond donors (Lipinski definition) is 2. The molecule has 0 saturated carbocycles. The van der Waals surface area contributed by atoms with Gasteiger partial charge in [0.05, 0.1) is 13.2 Å². The third kappa shape index (κ3) is 5.47. The Kier molecular flexibility index (Phi) is 6.96. The standard InChI is InChI=1S/C16H26FNO2/c1-4-9-18-16(3,12-19)8-5-10-20-15-7-6-14(17)11-13(15)2/h6-7,11,18-19H,4-5,8-10,12H2,1-3H3. The molecule has 2 N–H and O–H groups in total. The van der Waals surface area contributed by atoms with Crippen LogP contribution in [0.15, 0.2) is 18.2 Å². The Morgan fingerprint density at radius 3 is 2.75 bits per heavy atom. The molecule has 0 amide bonds. The van der Waals surface area contributed by atoms with Crippen LogP contribution >= 0.6 is 0 Å². The maximum atomic E-state index is 13.0. The summed E-state index contributed by atoms with van der Waals surface area (Å²) in [7, 11) is 0. The minimum Gasteiger partial charge on any atom is -0.493 e. The number of rotatable bonds is 9. The van der Waals surface area contributed by atoms with Gasteiger partial charge in [-0.3, -0.25) is 0 Å². The molecule has 0 saturated heterocycles. The normalized spacial score (nSPS) is 14.1. The van der Waals surface area contributed by atoms with Crippen LogP contribution in [0, 0.1) is 12.7 Å². The van der Waals surface area contributed by atoms with E-state index in [1.54, 1.807) is 6.07 Å². The largest absolute Gasteiger partial charge is 0.493 e. The maximum absolute atomic E-state index is 13.0. The van der Waals surface area contributed by atoms with Crippen LogP contribution in [0.5, 0.6) is 5.75 Å². The fraction of sp³-hybridized carbons (Fsp3) is 0.625. The molecule has 0 bridgehead atoms. The molecule has 0 radical (unpaired) electrons. The second kappa shape index (κ2) is 8.22. The molecule has 1 aromatic rings. The summed E-state index contributed by atoms with van der Waals surface area (Å²) in [5, 5.41) is 12.8. The second-order valence-electron chi connectivity index (χ2n) is 5.51. The van der Waals surface area contributed by atoms with Gasteiger partial charge < -0.3 is 15.2 Å². The number of aliphatic hydroxyl groups excluding tert-OH is 1. The Morgan fingerprint density at radius 2 is 2.15 bits per heavy atom. The highest BCUT2D eigenvalue weighted by atomic mass is 19.1. The number of ether oxygens (including phenoxy) is 1. The van der Waals surface area contributed by atoms with Crippen molar-refractivity contribution in [3.05, 3.63) is 29.6 Å². The van der Waals surface area contributed by atoms with Gasteiger partial charge in [0.1, 0.15) is 11.6 Å². The summed E-state index contributed by atoms with van der Waals surface area (Å²) in [5.41, 5.74) is 0.552. The quantitative estimate of drug-likeness (QED) is 0.684. The van der Waals surface area contributed by atoms with E-state index in [2.05, 4.69) is 12.2 Å². The third-order valence-corrected chi connectivity index (χ3v) is 3.42. The Hall–Kier alpha value is -1.13. The molecule has 20 heavy (non-hydrogen) atoms. The van der Waals surface area contributed by atoms with Gasteiger partial charge in [0.25, 0.3) is 0 Å². The molecule has 1 rings (SSSR count). The SMILES string of the molecule is CCCNC(C)(CO)CCCOc1ccc(F)cc1C. The van der Waals surface area contributed by atoms with Crippen LogP contribution in [-0.4, -0.2) is 30.4 Å². The van der Waals surface area contributed by atoms with E-state index < -0.39 is 0 Å². The summed E-state index contributed by atoms with van der Waals surface area (Å²) in [6.45, 7) is 7.53. The lowest BCUT2D eigenvalue weighted by Gasteiger charge is -2.28. The van der Waals surface area contributed by atoms with Crippen LogP contribution in [-0.2, 0) is 0 Å². The molecule has 0 aliphatic rings. The van der Waals surface area contributed by atoms with Gasteiger partial charge >= 0.3 is 0 Å². The zero-order valence-corrected chi connectivity index (χ0v) is 12.7. The van der Waals surface area contributed by atoms with Crippen LogP contribution in [0.3, 0.4) is 0 Å². The Labute approximate surface area is 121 Å². The summed E-state index contributed by atoms with van der Waals surface area (Å²) in [5.74, 6) is 0.477. The van der Waals surface area contributed by atoms with E-state index in [0.29, 0.717) is 6.61 Å². The molecule has 1 unspecified atom stereocenters. The van der Waals surface area contributed by atoms with E-state index in [9.17, 15) is 9.50 Å². The monoisotopic (exact) mass is 283 g/mol. The Balaban J connectivity index is 2.36. The van der Waals surface area contributed by atoms with Gasteiger partial charge in [-0.15, -0.1) is 0 Å². The topological polar surface area (TPSA) is 41.5 Å². The van der Waals surface area contributed by atoms with Crippen molar-refractivity contribution < 1.29 is 14.2 Å². The van der Waals surface area contributed by atoms with Crippen molar-refractivity contribution in [3.8, 4) is 5.75 Å². The zero-order valence-electron chi connectivity index (χ0n) is 12.7. The van der Waals surface area contributed by atoms with Gasteiger partial charge in [0.15, 0.2) is 0 Å². The van der Waals surface area contributed by atoms with Crippen LogP contribution < -0.4 is 10.1 Å². The van der Waals surface area contributed by atoms with Crippen molar-refractivity contribution in [2.75, 3.05) is 19.8 Å². The first-order valence-electron chi connectivity index (χ1n) is 7.25. The lowest BCUT2D eigenvalue weighted by molar-refractivity contribution is 0.156. The lowest BCUT2D eigenvalue weighted by atomic mass is 9.97. The molecule has 0 heterocycles. The summed E-state index contributed by atoms with van der Waals surface area (Å²) < 4.78 is 18.6. The molecule has 0 spiro atoms. The molecule has 0 aromatic heterocycles. The van der Waals surface area contributed by atoms with Crippen molar-refractivity contribution in [2.45, 2.75) is 45.6 Å². The van der Waals surface area contributed by atoms with Gasteiger partial charge in [-0.2, -0.15) is 0 Å². The fourth-order valence-electron chi connectivity index (χ4n) is 2.07. The molecule has 0 aliphatic heterocycles. The number of hydrogen-bond acceptors (Lipinski definition) is 3. The van der Waals surface area contributed by atoms with Crippen molar-refractivity contribution in [3.63, 3.8) is 0 Å². The van der Waals surface area contributed by atoms with Crippen LogP contribution in [0.25, 0.3) is 0 Å². The smallest absolute Gasteiger partial charge is 0.123 e. The van der Waals surface area contributed by atoms with E-state index in [1.165, 1.54) is 12.1 Å². The van der Waals surface area contributed by atoms with Crippen molar-refractivity contribution in [2.24, 2.45) is 0 Å². The van der Waals surface area contributed by atoms with E-state index in [-0.39, 0.29) is 18.0 Å². The van der Waals surface area contributed by atoms with Crippen LogP contribution in [0.4, 0.5) is 4.39 Å². The fourth-order valence-corrected chi connectivity index (χ4v) is 2.07. The average molecular weight is 283 g/mol. The van der Waals surface area contributed by atoms with E-state index in [1.807, 2.05) is 13.8 Å². The summed E-state index contributed by atoms with van der Waals surface area (Å²) >= 11 is 0. The van der Waals surface area contributed by atoms with E-state index >= 15 is 0 Å². The van der Waals surface area contributed by atoms with Gasteiger partial charge in [-0.25, -0.2) is 4.39 Å². The molecule has 3 nitrogen and oxygen atoms in total. The second-order valence-corrected chi connectivity index (χ2v) is 5.51. The number of aliphatic hydroxyl groups is 1. The molecular weight excluding hydrogens is 257 g/mol. The van der Waals surface area contributed by atoms with Gasteiger partial charge in [-0.05, 0) is 63.4 Å². The first kappa shape index (κ1) is 16.9. The van der Waals surface area contributed by atoms with Crippen molar-refractivity contribution in [1.29, 1.82) is 0 Å². The Bertz CT molecular complexity index is 411. The maximum Gasteiger partial charge on any atom is 0.123 e. The average Bonchev–Trinajstić information content (AvgIpc) is 2.43. The number of aryl methyl sites for hydroxylation is 1. The first-order valence-corrected chi connectivity index (χ1v) is 7.25. The molecule has 0 fully saturated rings. The van der Waals surface area contributed by atoms with Crippen LogP contribution in [0.2, 0.25) is 0 Å². The van der Waals surface area contributed by atoms with E-state index in [0.717, 1.165) is 37.1 Å². The highest BCUT2D eigenvalue weighted by molar-refractivity contribution is 5.32. The molecule has 114 valence electrons. The summed E-state index contributed by atoms with van der Waals surface area (Å²) in [6, 6.07) is 4.53. The number of nitrogens with one attached hydrogen (secondary N) is 1. The van der Waals surface area contributed by atoms with Gasteiger partial charge in [0, 0.05) is 5.54 Å². The highest BCUT2D eigenvalue weighted by Gasteiger charge is 2.21. The van der Waals surface area contributed by atoms with Gasteiger partial charge in [0.2, 0.25) is 0 Å². The molecule has 4 heteroatoms. The zero-order chi connectivity index (χ0) is 15.0. The summed E-state index contributed by atoms with van der Waals surface area (Å²) in [6.07, 6.45) is 2.72. The van der Waals surface area contributed by atoms with E-state index in [4.69, 9.17) is 4.74 Å². The number of benzene rings is 1. The molecule has 0 aliphatic carbocycles. The highest BCUT2D eigenvalue weighted by Crippen LogP contribution is 2.19. The lowest BCUT2D eigenvalue weighted by Crippen LogP contribution is -2.46. The molecule has 1 aromatic carbocycles. The molecular formula is C16H26FNO2. The minimum absolute atomic E-state index is 0.114. The predicted octanol–water partition coefficient (Wildman–Crippen LogP) is 3.04. The minimum atomic E-state index is -0.253. The first-order chi connectivity index (χ1) is 9.50. The van der Waals surface area contributed by atoms with Crippen molar-refractivity contribution in [1.82, 2.24) is 5.32 Å². The predicted molar refractivity (Wildman–Crippen MR) is 79.7 cm³/mol. The van der Waals surface area contributed by atoms with Crippen LogP contribution in [0.1, 0.15) is 38.7 Å². The number of halogens is 1. The third-order valence-electron chi connectivity index (χ3n) is 3.42. The Morgan fingerprint density at radius 1 is 1.40 bits per heavy atom. The summed E-state index contributed by atoms with van der Waals surface area (Å²) in [4.78, 5) is 0. The van der Waals surface area contributed by atoms with Gasteiger partial charge in [-0.1, -0.05) is 6.92 Å². The van der Waals surface area contributed by atoms with Crippen molar-refractivity contribution >= 4 is 0 Å². The molecule has 1 atom stereocenters.